The number of likely N-dealkylation sites (tertiary alicyclic amines) is 1. The van der Waals surface area contributed by atoms with Gasteiger partial charge in [0.25, 0.3) is 0 Å². The maximum atomic E-state index is 11.8. The molecule has 116 valence electrons. The maximum absolute atomic E-state index is 11.8. The number of rotatable bonds is 5. The van der Waals surface area contributed by atoms with E-state index in [9.17, 15) is 4.79 Å². The van der Waals surface area contributed by atoms with Crippen molar-refractivity contribution in [2.45, 2.75) is 52.1 Å². The van der Waals surface area contributed by atoms with E-state index in [0.29, 0.717) is 6.04 Å². The first-order chi connectivity index (χ1) is 8.04. The van der Waals surface area contributed by atoms with Gasteiger partial charge in [-0.1, -0.05) is 20.8 Å². The largest absolute Gasteiger partial charge is 0.352 e. The summed E-state index contributed by atoms with van der Waals surface area (Å²) in [4.78, 5) is 14.3. The first-order valence-electron chi connectivity index (χ1n) is 6.83. The van der Waals surface area contributed by atoms with E-state index in [-0.39, 0.29) is 42.7 Å². The van der Waals surface area contributed by atoms with Gasteiger partial charge in [0.2, 0.25) is 5.91 Å². The minimum atomic E-state index is -0.372. The Hall–Kier alpha value is -0.0300. The van der Waals surface area contributed by atoms with Gasteiger partial charge in [0.15, 0.2) is 0 Å². The number of carbonyl (C=O) groups is 1. The van der Waals surface area contributed by atoms with E-state index < -0.39 is 0 Å². The van der Waals surface area contributed by atoms with Gasteiger partial charge in [-0.3, -0.25) is 4.79 Å². The summed E-state index contributed by atoms with van der Waals surface area (Å²) in [5.41, 5.74) is 5.83. The molecule has 0 aromatic heterocycles. The van der Waals surface area contributed by atoms with Crippen LogP contribution in [0.1, 0.15) is 40.0 Å². The number of carbonyl (C=O) groups excluding carboxylic acids is 1. The van der Waals surface area contributed by atoms with Crippen molar-refractivity contribution < 1.29 is 4.79 Å². The van der Waals surface area contributed by atoms with Gasteiger partial charge in [-0.15, -0.1) is 24.8 Å². The van der Waals surface area contributed by atoms with Crippen LogP contribution in [0.4, 0.5) is 0 Å². The van der Waals surface area contributed by atoms with E-state index in [1.54, 1.807) is 0 Å². The van der Waals surface area contributed by atoms with Crippen LogP contribution >= 0.6 is 24.8 Å². The molecule has 4 nitrogen and oxygen atoms in total. The van der Waals surface area contributed by atoms with E-state index in [0.717, 1.165) is 25.9 Å². The Morgan fingerprint density at radius 2 is 1.84 bits per heavy atom. The third-order valence-corrected chi connectivity index (χ3v) is 3.49. The maximum Gasteiger partial charge on any atom is 0.237 e. The molecule has 1 saturated heterocycles. The summed E-state index contributed by atoms with van der Waals surface area (Å²) in [6.45, 7) is 9.52. The van der Waals surface area contributed by atoms with Crippen molar-refractivity contribution in [1.82, 2.24) is 10.2 Å². The lowest BCUT2D eigenvalue weighted by atomic mass is 10.0. The molecular formula is C13H29Cl2N3O. The third-order valence-electron chi connectivity index (χ3n) is 3.49. The lowest BCUT2D eigenvalue weighted by molar-refractivity contribution is -0.124. The van der Waals surface area contributed by atoms with Gasteiger partial charge >= 0.3 is 0 Å². The Labute approximate surface area is 129 Å². The minimum Gasteiger partial charge on any atom is -0.352 e. The fraction of sp³-hybridized carbons (Fsp3) is 0.923. The molecule has 1 aliphatic heterocycles. The fourth-order valence-corrected chi connectivity index (χ4v) is 2.22. The van der Waals surface area contributed by atoms with Gasteiger partial charge in [0.1, 0.15) is 0 Å². The highest BCUT2D eigenvalue weighted by atomic mass is 35.5. The highest BCUT2D eigenvalue weighted by Gasteiger charge is 2.23. The molecule has 0 unspecified atom stereocenters. The zero-order valence-electron chi connectivity index (χ0n) is 12.2. The van der Waals surface area contributed by atoms with Gasteiger partial charge in [-0.2, -0.15) is 0 Å². The van der Waals surface area contributed by atoms with Crippen LogP contribution < -0.4 is 11.1 Å². The van der Waals surface area contributed by atoms with Gasteiger partial charge < -0.3 is 16.0 Å². The lowest BCUT2D eigenvalue weighted by Crippen LogP contribution is -2.51. The van der Waals surface area contributed by atoms with Crippen LogP contribution in [-0.2, 0) is 4.79 Å². The Bertz CT molecular complexity index is 244. The number of nitrogens with one attached hydrogen (secondary N) is 1. The van der Waals surface area contributed by atoms with Crippen LogP contribution in [0.25, 0.3) is 0 Å². The molecule has 1 amide bonds. The predicted molar refractivity (Wildman–Crippen MR) is 85.2 cm³/mol. The highest BCUT2D eigenvalue weighted by Crippen LogP contribution is 2.11. The molecule has 0 bridgehead atoms. The summed E-state index contributed by atoms with van der Waals surface area (Å²) in [6.07, 6.45) is 3.31. The molecule has 0 spiro atoms. The Morgan fingerprint density at radius 1 is 1.32 bits per heavy atom. The molecule has 0 aromatic carbocycles. The van der Waals surface area contributed by atoms with Crippen LogP contribution in [0.5, 0.6) is 0 Å². The zero-order chi connectivity index (χ0) is 12.8. The summed E-state index contributed by atoms with van der Waals surface area (Å²) in [5.74, 6) is 0.212. The highest BCUT2D eigenvalue weighted by molar-refractivity contribution is 5.85. The summed E-state index contributed by atoms with van der Waals surface area (Å²) >= 11 is 0. The number of amides is 1. The summed E-state index contributed by atoms with van der Waals surface area (Å²) < 4.78 is 0. The average Bonchev–Trinajstić information content (AvgIpc) is 2.30. The fourth-order valence-electron chi connectivity index (χ4n) is 2.22. The Kier molecular flexibility index (Phi) is 12.0. The second-order valence-corrected chi connectivity index (χ2v) is 5.39. The Balaban J connectivity index is 0. The van der Waals surface area contributed by atoms with Crippen molar-refractivity contribution in [3.63, 3.8) is 0 Å². The number of nitrogens with two attached hydrogens (primary N) is 1. The van der Waals surface area contributed by atoms with Crippen LogP contribution in [-0.4, -0.2) is 42.5 Å². The summed E-state index contributed by atoms with van der Waals surface area (Å²) in [6, 6.07) is -0.0518. The van der Waals surface area contributed by atoms with E-state index in [4.69, 9.17) is 5.73 Å². The van der Waals surface area contributed by atoms with Gasteiger partial charge in [-0.05, 0) is 31.7 Å². The van der Waals surface area contributed by atoms with E-state index >= 15 is 0 Å². The number of piperidine rings is 1. The van der Waals surface area contributed by atoms with Crippen molar-refractivity contribution in [2.75, 3.05) is 19.6 Å². The number of hydrogen-bond donors (Lipinski definition) is 2. The minimum absolute atomic E-state index is 0. The summed E-state index contributed by atoms with van der Waals surface area (Å²) in [5, 5.41) is 3.07. The Morgan fingerprint density at radius 3 is 2.26 bits per heavy atom. The standard InChI is InChI=1S/C13H27N3O.2ClH/c1-4-7-16-8-5-11(6-9-16)15-13(17)12(14)10(2)3;;/h10-12H,4-9,14H2,1-3H3,(H,15,17);2*1H/t12-;;/m0../s1. The molecule has 1 heterocycles. The van der Waals surface area contributed by atoms with Crippen molar-refractivity contribution >= 4 is 30.7 Å². The zero-order valence-corrected chi connectivity index (χ0v) is 13.9. The molecule has 1 rings (SSSR count). The summed E-state index contributed by atoms with van der Waals surface area (Å²) in [7, 11) is 0. The topological polar surface area (TPSA) is 58.4 Å². The van der Waals surface area contributed by atoms with Crippen molar-refractivity contribution in [1.29, 1.82) is 0 Å². The molecule has 1 aliphatic rings. The van der Waals surface area contributed by atoms with Gasteiger partial charge in [0.05, 0.1) is 6.04 Å². The van der Waals surface area contributed by atoms with Crippen LogP contribution in [0.15, 0.2) is 0 Å². The number of hydrogen-bond acceptors (Lipinski definition) is 3. The first-order valence-corrected chi connectivity index (χ1v) is 6.83. The van der Waals surface area contributed by atoms with E-state index in [1.165, 1.54) is 13.0 Å². The van der Waals surface area contributed by atoms with E-state index in [1.807, 2.05) is 13.8 Å². The van der Waals surface area contributed by atoms with Crippen molar-refractivity contribution in [3.05, 3.63) is 0 Å². The second kappa shape index (κ2) is 10.7. The molecule has 3 N–H and O–H groups in total. The average molecular weight is 314 g/mol. The normalized spacial score (nSPS) is 18.4. The molecule has 19 heavy (non-hydrogen) atoms. The SMILES string of the molecule is CCCN1CCC(NC(=O)[C@@H](N)C(C)C)CC1.Cl.Cl. The second-order valence-electron chi connectivity index (χ2n) is 5.39. The van der Waals surface area contributed by atoms with Crippen LogP contribution in [0.2, 0.25) is 0 Å². The molecule has 1 fully saturated rings. The quantitative estimate of drug-likeness (QED) is 0.813. The monoisotopic (exact) mass is 313 g/mol. The molecule has 0 saturated carbocycles. The van der Waals surface area contributed by atoms with Gasteiger partial charge in [-0.25, -0.2) is 0 Å². The van der Waals surface area contributed by atoms with Crippen molar-refractivity contribution in [3.8, 4) is 0 Å². The molecule has 0 aliphatic carbocycles. The van der Waals surface area contributed by atoms with Crippen molar-refractivity contribution in [2.24, 2.45) is 11.7 Å². The molecule has 6 heteroatoms. The van der Waals surface area contributed by atoms with E-state index in [2.05, 4.69) is 17.1 Å². The predicted octanol–water partition coefficient (Wildman–Crippen LogP) is 1.80. The van der Waals surface area contributed by atoms with Gasteiger partial charge in [0, 0.05) is 19.1 Å². The number of nitrogens with zero attached hydrogens (tertiary/aromatic N) is 1. The number of halogens is 2. The molecule has 0 aromatic rings. The lowest BCUT2D eigenvalue weighted by Gasteiger charge is -2.32. The first kappa shape index (κ1) is 21.3. The smallest absolute Gasteiger partial charge is 0.237 e. The molecular weight excluding hydrogens is 285 g/mol. The molecule has 0 radical (unpaired) electrons. The van der Waals surface area contributed by atoms with Crippen LogP contribution in [0, 0.1) is 5.92 Å². The van der Waals surface area contributed by atoms with Crippen LogP contribution in [0.3, 0.4) is 0 Å². The molecule has 1 atom stereocenters. The third kappa shape index (κ3) is 7.35.